The number of fused-ring (bicyclic) bond motifs is 1. The van der Waals surface area contributed by atoms with Crippen molar-refractivity contribution in [2.75, 3.05) is 37.0 Å². The Bertz CT molecular complexity index is 1250. The second kappa shape index (κ2) is 8.59. The number of benzene rings is 2. The number of rotatable bonds is 4. The van der Waals surface area contributed by atoms with Crippen LogP contribution in [0.3, 0.4) is 0 Å². The van der Waals surface area contributed by atoms with E-state index < -0.39 is 5.82 Å². The van der Waals surface area contributed by atoms with E-state index in [2.05, 4.69) is 20.6 Å². The van der Waals surface area contributed by atoms with Crippen molar-refractivity contribution in [3.63, 3.8) is 0 Å². The molecule has 7 nitrogen and oxygen atoms in total. The first kappa shape index (κ1) is 22.1. The average Bonchev–Trinajstić information content (AvgIpc) is 3.14. The Morgan fingerprint density at radius 3 is 2.73 bits per heavy atom. The minimum absolute atomic E-state index is 0.114. The SMILES string of the molecule is COc1cc2ncnc(Nc3ccc(Cl)c(Cl)c3F)c2cc1N1CCC2(CCNCC2)C1=O. The summed E-state index contributed by atoms with van der Waals surface area (Å²) >= 11 is 11.9. The molecule has 0 aliphatic carbocycles. The Morgan fingerprint density at radius 1 is 1.18 bits per heavy atom. The highest BCUT2D eigenvalue weighted by molar-refractivity contribution is 6.42. The van der Waals surface area contributed by atoms with Crippen LogP contribution in [0.2, 0.25) is 10.0 Å². The maximum atomic E-state index is 14.6. The number of aromatic nitrogens is 2. The number of anilines is 3. The monoisotopic (exact) mass is 489 g/mol. The van der Waals surface area contributed by atoms with Crippen molar-refractivity contribution in [1.82, 2.24) is 15.3 Å². The number of amides is 1. The number of piperidine rings is 1. The lowest BCUT2D eigenvalue weighted by Gasteiger charge is -2.32. The molecule has 2 N–H and O–H groups in total. The quantitative estimate of drug-likeness (QED) is 0.505. The van der Waals surface area contributed by atoms with Gasteiger partial charge in [-0.05, 0) is 50.6 Å². The van der Waals surface area contributed by atoms with Gasteiger partial charge < -0.3 is 20.3 Å². The second-order valence-corrected chi connectivity index (χ2v) is 9.13. The predicted octanol–water partition coefficient (Wildman–Crippen LogP) is 4.93. The minimum Gasteiger partial charge on any atom is -0.494 e. The van der Waals surface area contributed by atoms with Gasteiger partial charge in [-0.15, -0.1) is 0 Å². The summed E-state index contributed by atoms with van der Waals surface area (Å²) in [5.74, 6) is 0.368. The summed E-state index contributed by atoms with van der Waals surface area (Å²) in [6.07, 6.45) is 3.83. The zero-order valence-corrected chi connectivity index (χ0v) is 19.4. The van der Waals surface area contributed by atoms with Gasteiger partial charge in [-0.25, -0.2) is 14.4 Å². The molecule has 0 radical (unpaired) electrons. The smallest absolute Gasteiger partial charge is 0.233 e. The largest absolute Gasteiger partial charge is 0.494 e. The fraction of sp³-hybridized carbons (Fsp3) is 0.348. The van der Waals surface area contributed by atoms with E-state index in [9.17, 15) is 9.18 Å². The molecule has 10 heteroatoms. The normalized spacial score (nSPS) is 17.7. The van der Waals surface area contributed by atoms with Crippen LogP contribution in [0, 0.1) is 11.2 Å². The van der Waals surface area contributed by atoms with Gasteiger partial charge in [0, 0.05) is 18.0 Å². The van der Waals surface area contributed by atoms with E-state index in [1.807, 2.05) is 6.07 Å². The number of methoxy groups -OCH3 is 1. The lowest BCUT2D eigenvalue weighted by molar-refractivity contribution is -0.126. The van der Waals surface area contributed by atoms with E-state index in [4.69, 9.17) is 27.9 Å². The van der Waals surface area contributed by atoms with Crippen molar-refractivity contribution < 1.29 is 13.9 Å². The molecule has 0 bridgehead atoms. The van der Waals surface area contributed by atoms with Crippen LogP contribution in [0.1, 0.15) is 19.3 Å². The topological polar surface area (TPSA) is 79.4 Å². The molecule has 0 saturated carbocycles. The molecule has 2 aliphatic heterocycles. The van der Waals surface area contributed by atoms with Crippen molar-refractivity contribution in [3.05, 3.63) is 46.5 Å². The average molecular weight is 490 g/mol. The van der Waals surface area contributed by atoms with Gasteiger partial charge in [-0.2, -0.15) is 0 Å². The van der Waals surface area contributed by atoms with Crippen LogP contribution in [0.15, 0.2) is 30.6 Å². The summed E-state index contributed by atoms with van der Waals surface area (Å²) in [6.45, 7) is 2.29. The number of carbonyl (C=O) groups excluding carboxylic acids is 1. The zero-order chi connectivity index (χ0) is 23.2. The molecule has 2 fully saturated rings. The van der Waals surface area contributed by atoms with E-state index in [1.54, 1.807) is 18.1 Å². The number of hydrogen-bond acceptors (Lipinski definition) is 6. The van der Waals surface area contributed by atoms with Crippen LogP contribution in [-0.4, -0.2) is 42.6 Å². The van der Waals surface area contributed by atoms with E-state index in [0.29, 0.717) is 34.7 Å². The van der Waals surface area contributed by atoms with Gasteiger partial charge in [-0.3, -0.25) is 4.79 Å². The van der Waals surface area contributed by atoms with Crippen molar-refractivity contribution >= 4 is 57.2 Å². The Kier molecular flexibility index (Phi) is 5.76. The molecular weight excluding hydrogens is 468 g/mol. The molecule has 2 aliphatic rings. The fourth-order valence-corrected chi connectivity index (χ4v) is 5.03. The van der Waals surface area contributed by atoms with Gasteiger partial charge in [0.25, 0.3) is 0 Å². The lowest BCUT2D eigenvalue weighted by Crippen LogP contribution is -2.42. The van der Waals surface area contributed by atoms with Crippen LogP contribution in [0.5, 0.6) is 5.75 Å². The number of ether oxygens (including phenoxy) is 1. The predicted molar refractivity (Wildman–Crippen MR) is 127 cm³/mol. The number of hydrogen-bond donors (Lipinski definition) is 2. The first-order chi connectivity index (χ1) is 15.9. The van der Waals surface area contributed by atoms with Gasteiger partial charge in [-0.1, -0.05) is 23.2 Å². The number of halogens is 3. The van der Waals surface area contributed by atoms with Crippen molar-refractivity contribution in [2.24, 2.45) is 5.41 Å². The van der Waals surface area contributed by atoms with Gasteiger partial charge in [0.15, 0.2) is 5.82 Å². The molecule has 2 saturated heterocycles. The first-order valence-corrected chi connectivity index (χ1v) is 11.4. The third kappa shape index (κ3) is 3.76. The van der Waals surface area contributed by atoms with Gasteiger partial charge in [0.05, 0.1) is 39.5 Å². The molecule has 1 aromatic heterocycles. The molecule has 1 spiro atoms. The summed E-state index contributed by atoms with van der Waals surface area (Å²) in [5.41, 5.74) is 1.05. The molecule has 0 atom stereocenters. The molecule has 172 valence electrons. The Morgan fingerprint density at radius 2 is 1.97 bits per heavy atom. The highest BCUT2D eigenvalue weighted by Gasteiger charge is 2.47. The van der Waals surface area contributed by atoms with Crippen LogP contribution < -0.4 is 20.3 Å². The summed E-state index contributed by atoms with van der Waals surface area (Å²) in [5, 5.41) is 6.89. The van der Waals surface area contributed by atoms with Gasteiger partial charge >= 0.3 is 0 Å². The van der Waals surface area contributed by atoms with Crippen LogP contribution >= 0.6 is 23.2 Å². The standard InChI is InChI=1S/C23H22Cl2FN5O2/c1-33-18-11-16-13(10-17(18)31-9-6-23(22(31)32)4-7-27-8-5-23)21(29-12-28-16)30-15-3-2-14(24)19(25)20(15)26/h2-3,10-12,27H,4-9H2,1H3,(H,28,29,30). The number of nitrogens with one attached hydrogen (secondary N) is 2. The molecule has 2 aromatic carbocycles. The molecule has 1 amide bonds. The van der Waals surface area contributed by atoms with Crippen molar-refractivity contribution in [3.8, 4) is 5.75 Å². The highest BCUT2D eigenvalue weighted by Crippen LogP contribution is 2.45. The molecule has 3 aromatic rings. The first-order valence-electron chi connectivity index (χ1n) is 10.7. The van der Waals surface area contributed by atoms with Crippen molar-refractivity contribution in [2.45, 2.75) is 19.3 Å². The van der Waals surface area contributed by atoms with Gasteiger partial charge in [0.2, 0.25) is 5.91 Å². The zero-order valence-electron chi connectivity index (χ0n) is 17.9. The van der Waals surface area contributed by atoms with E-state index in [1.165, 1.54) is 18.5 Å². The third-order valence-corrected chi connectivity index (χ3v) is 7.37. The summed E-state index contributed by atoms with van der Waals surface area (Å²) in [6, 6.07) is 6.59. The maximum absolute atomic E-state index is 14.6. The van der Waals surface area contributed by atoms with Gasteiger partial charge in [0.1, 0.15) is 17.9 Å². The van der Waals surface area contributed by atoms with Crippen LogP contribution in [0.25, 0.3) is 10.9 Å². The molecule has 0 unspecified atom stereocenters. The summed E-state index contributed by atoms with van der Waals surface area (Å²) in [7, 11) is 1.57. The van der Waals surface area contributed by atoms with E-state index in [-0.39, 0.29) is 27.1 Å². The summed E-state index contributed by atoms with van der Waals surface area (Å²) in [4.78, 5) is 23.9. The van der Waals surface area contributed by atoms with Crippen LogP contribution in [-0.2, 0) is 4.79 Å². The molecule has 5 rings (SSSR count). The third-order valence-electron chi connectivity index (χ3n) is 6.59. The maximum Gasteiger partial charge on any atom is 0.233 e. The van der Waals surface area contributed by atoms with E-state index >= 15 is 0 Å². The van der Waals surface area contributed by atoms with Crippen LogP contribution in [0.4, 0.5) is 21.6 Å². The Balaban J connectivity index is 1.57. The lowest BCUT2D eigenvalue weighted by atomic mass is 9.77. The minimum atomic E-state index is -0.674. The second-order valence-electron chi connectivity index (χ2n) is 8.35. The number of nitrogens with zero attached hydrogens (tertiary/aromatic N) is 3. The Hall–Kier alpha value is -2.68. The molecule has 3 heterocycles. The Labute approximate surface area is 200 Å². The molecular formula is C23H22Cl2FN5O2. The summed E-state index contributed by atoms with van der Waals surface area (Å²) < 4.78 is 20.3. The van der Waals surface area contributed by atoms with Crippen molar-refractivity contribution in [1.29, 1.82) is 0 Å². The highest BCUT2D eigenvalue weighted by atomic mass is 35.5. The number of carbonyl (C=O) groups is 1. The van der Waals surface area contributed by atoms with E-state index in [0.717, 1.165) is 32.4 Å². The fourth-order valence-electron chi connectivity index (χ4n) is 4.72. The molecule has 33 heavy (non-hydrogen) atoms.